The van der Waals surface area contributed by atoms with Crippen LogP contribution in [0.2, 0.25) is 5.15 Å². The van der Waals surface area contributed by atoms with Gasteiger partial charge in [-0.1, -0.05) is 11.6 Å². The topological polar surface area (TPSA) is 84.7 Å². The quantitative estimate of drug-likeness (QED) is 0.690. The van der Waals surface area contributed by atoms with E-state index in [1.54, 1.807) is 24.3 Å². The predicted molar refractivity (Wildman–Crippen MR) is 96.3 cm³/mol. The first-order valence-electron chi connectivity index (χ1n) is 7.27. The van der Waals surface area contributed by atoms with Crippen LogP contribution in [0.3, 0.4) is 0 Å². The van der Waals surface area contributed by atoms with Crippen molar-refractivity contribution in [1.82, 2.24) is 9.38 Å². The largest absolute Gasteiger partial charge is 0.482 e. The number of nitrogens with one attached hydrogen (secondary N) is 2. The zero-order chi connectivity index (χ0) is 17.4. The Morgan fingerprint density at radius 3 is 3.24 bits per heavy atom. The molecule has 25 heavy (non-hydrogen) atoms. The van der Waals surface area contributed by atoms with E-state index in [1.807, 2.05) is 16.0 Å². The Morgan fingerprint density at radius 1 is 1.48 bits per heavy atom. The molecule has 2 aromatic heterocycles. The summed E-state index contributed by atoms with van der Waals surface area (Å²) in [4.78, 5) is 28.5. The summed E-state index contributed by atoms with van der Waals surface area (Å²) in [6, 6.07) is 5.03. The van der Waals surface area contributed by atoms with E-state index >= 15 is 0 Å². The Bertz CT molecular complexity index is 1020. The van der Waals surface area contributed by atoms with Crippen LogP contribution < -0.4 is 15.4 Å². The van der Waals surface area contributed by atoms with Crippen molar-refractivity contribution in [2.45, 2.75) is 0 Å². The summed E-state index contributed by atoms with van der Waals surface area (Å²) in [7, 11) is 0. The molecule has 0 saturated heterocycles. The van der Waals surface area contributed by atoms with Gasteiger partial charge in [0.2, 0.25) is 5.91 Å². The smallest absolute Gasteiger partial charge is 0.262 e. The van der Waals surface area contributed by atoms with Crippen LogP contribution in [0.25, 0.3) is 11.0 Å². The second kappa shape index (κ2) is 6.23. The van der Waals surface area contributed by atoms with Crippen molar-refractivity contribution in [3.8, 4) is 5.75 Å². The molecule has 3 heterocycles. The molecule has 0 bridgehead atoms. The lowest BCUT2D eigenvalue weighted by Crippen LogP contribution is -2.25. The van der Waals surface area contributed by atoms with Crippen LogP contribution >= 0.6 is 22.9 Å². The third-order valence-corrected chi connectivity index (χ3v) is 4.56. The number of anilines is 2. The minimum Gasteiger partial charge on any atom is -0.482 e. The number of imidazole rings is 1. The van der Waals surface area contributed by atoms with Gasteiger partial charge in [0, 0.05) is 23.3 Å². The lowest BCUT2D eigenvalue weighted by atomic mass is 10.2. The maximum Gasteiger partial charge on any atom is 0.262 e. The number of carbonyl (C=O) groups is 2. The van der Waals surface area contributed by atoms with Gasteiger partial charge in [0.15, 0.2) is 16.7 Å². The zero-order valence-corrected chi connectivity index (χ0v) is 14.2. The molecule has 0 aliphatic carbocycles. The average molecular weight is 375 g/mol. The summed E-state index contributed by atoms with van der Waals surface area (Å²) < 4.78 is 7.08. The number of thiazole rings is 1. The number of fused-ring (bicyclic) bond motifs is 2. The van der Waals surface area contributed by atoms with Gasteiger partial charge in [-0.2, -0.15) is 0 Å². The number of amides is 2. The number of carbonyl (C=O) groups excluding carboxylic acids is 2. The molecule has 0 atom stereocenters. The molecule has 1 aromatic carbocycles. The van der Waals surface area contributed by atoms with Gasteiger partial charge in [0.25, 0.3) is 5.91 Å². The van der Waals surface area contributed by atoms with E-state index in [9.17, 15) is 9.59 Å². The fraction of sp³-hybridized carbons (Fsp3) is 0.0625. The van der Waals surface area contributed by atoms with Crippen molar-refractivity contribution >= 4 is 57.2 Å². The van der Waals surface area contributed by atoms with Crippen LogP contribution in [-0.4, -0.2) is 27.8 Å². The molecule has 1 aliphatic rings. The number of aromatic nitrogens is 2. The lowest BCUT2D eigenvalue weighted by Gasteiger charge is -2.18. The number of halogens is 1. The minimum atomic E-state index is -0.329. The maximum absolute atomic E-state index is 12.1. The van der Waals surface area contributed by atoms with E-state index in [4.69, 9.17) is 16.3 Å². The van der Waals surface area contributed by atoms with Crippen LogP contribution in [0.4, 0.5) is 11.4 Å². The minimum absolute atomic E-state index is 0.00932. The third-order valence-electron chi connectivity index (χ3n) is 3.53. The highest BCUT2D eigenvalue weighted by molar-refractivity contribution is 7.15. The molecular formula is C16H11ClN4O3S. The van der Waals surface area contributed by atoms with Crippen molar-refractivity contribution < 1.29 is 14.3 Å². The first kappa shape index (κ1) is 15.7. The fourth-order valence-electron chi connectivity index (χ4n) is 2.43. The molecule has 0 saturated carbocycles. The molecule has 7 nitrogen and oxygen atoms in total. The van der Waals surface area contributed by atoms with E-state index in [0.29, 0.717) is 28.0 Å². The van der Waals surface area contributed by atoms with Gasteiger partial charge in [0.1, 0.15) is 5.75 Å². The molecule has 4 rings (SSSR count). The van der Waals surface area contributed by atoms with E-state index in [1.165, 1.54) is 17.4 Å². The highest BCUT2D eigenvalue weighted by Crippen LogP contribution is 2.30. The second-order valence-corrected chi connectivity index (χ2v) is 6.44. The number of hydrogen-bond acceptors (Lipinski definition) is 5. The number of benzene rings is 1. The van der Waals surface area contributed by atoms with Gasteiger partial charge >= 0.3 is 0 Å². The number of rotatable bonds is 3. The molecule has 126 valence electrons. The Hall–Kier alpha value is -2.84. The molecule has 0 radical (unpaired) electrons. The van der Waals surface area contributed by atoms with E-state index in [0.717, 1.165) is 4.96 Å². The highest BCUT2D eigenvalue weighted by Gasteiger charge is 2.16. The van der Waals surface area contributed by atoms with Gasteiger partial charge in [-0.15, -0.1) is 11.3 Å². The predicted octanol–water partition coefficient (Wildman–Crippen LogP) is 3.03. The SMILES string of the molecule is O=C(/C=C/c1c(Cl)nc2sccn12)Nc1ccc2c(c1)NC(=O)CO2. The van der Waals surface area contributed by atoms with Crippen molar-refractivity contribution in [1.29, 1.82) is 0 Å². The lowest BCUT2D eigenvalue weighted by molar-refractivity contribution is -0.118. The normalized spacial score (nSPS) is 13.6. The Balaban J connectivity index is 1.51. The van der Waals surface area contributed by atoms with E-state index in [-0.39, 0.29) is 18.4 Å². The molecule has 3 aromatic rings. The zero-order valence-electron chi connectivity index (χ0n) is 12.7. The van der Waals surface area contributed by atoms with E-state index < -0.39 is 0 Å². The summed E-state index contributed by atoms with van der Waals surface area (Å²) in [6.45, 7) is -0.00932. The van der Waals surface area contributed by atoms with Crippen molar-refractivity contribution in [2.75, 3.05) is 17.2 Å². The number of ether oxygens (including phenoxy) is 1. The second-order valence-electron chi connectivity index (χ2n) is 5.21. The molecule has 9 heteroatoms. The summed E-state index contributed by atoms with van der Waals surface area (Å²) >= 11 is 7.54. The van der Waals surface area contributed by atoms with E-state index in [2.05, 4.69) is 15.6 Å². The first-order chi connectivity index (χ1) is 12.1. The van der Waals surface area contributed by atoms with Crippen LogP contribution in [-0.2, 0) is 9.59 Å². The van der Waals surface area contributed by atoms with Gasteiger partial charge in [-0.3, -0.25) is 14.0 Å². The molecule has 2 N–H and O–H groups in total. The fourth-order valence-corrected chi connectivity index (χ4v) is 3.43. The Labute approximate surface area is 150 Å². The summed E-state index contributed by atoms with van der Waals surface area (Å²) in [5.74, 6) is 0.00862. The Morgan fingerprint density at radius 2 is 2.36 bits per heavy atom. The van der Waals surface area contributed by atoms with Gasteiger partial charge in [0.05, 0.1) is 11.4 Å². The van der Waals surface area contributed by atoms with Crippen molar-refractivity contribution in [2.24, 2.45) is 0 Å². The molecule has 0 unspecified atom stereocenters. The standard InChI is InChI=1S/C16H11ClN4O3S/c17-15-11(21-5-6-25-16(21)20-15)2-4-13(22)18-9-1-3-12-10(7-9)19-14(23)8-24-12/h1-7H,8H2,(H,18,22)(H,19,23)/b4-2+. The summed E-state index contributed by atoms with van der Waals surface area (Å²) in [5.41, 5.74) is 1.70. The Kier molecular flexibility index (Phi) is 3.90. The summed E-state index contributed by atoms with van der Waals surface area (Å²) in [5, 5.41) is 7.65. The third kappa shape index (κ3) is 3.09. The van der Waals surface area contributed by atoms with Gasteiger partial charge in [-0.05, 0) is 24.3 Å². The number of hydrogen-bond donors (Lipinski definition) is 2. The van der Waals surface area contributed by atoms with Crippen LogP contribution in [0.5, 0.6) is 5.75 Å². The van der Waals surface area contributed by atoms with Gasteiger partial charge in [-0.25, -0.2) is 4.98 Å². The monoisotopic (exact) mass is 374 g/mol. The number of nitrogens with zero attached hydrogens (tertiary/aromatic N) is 2. The molecule has 0 fully saturated rings. The van der Waals surface area contributed by atoms with Gasteiger partial charge < -0.3 is 15.4 Å². The highest BCUT2D eigenvalue weighted by atomic mass is 35.5. The van der Waals surface area contributed by atoms with Crippen LogP contribution in [0.15, 0.2) is 35.9 Å². The molecule has 1 aliphatic heterocycles. The molecular weight excluding hydrogens is 364 g/mol. The summed E-state index contributed by atoms with van der Waals surface area (Å²) in [6.07, 6.45) is 4.82. The van der Waals surface area contributed by atoms with Crippen LogP contribution in [0.1, 0.15) is 5.69 Å². The maximum atomic E-state index is 12.1. The molecule has 0 spiro atoms. The average Bonchev–Trinajstić information content (AvgIpc) is 3.13. The van der Waals surface area contributed by atoms with Crippen LogP contribution in [0, 0.1) is 0 Å². The first-order valence-corrected chi connectivity index (χ1v) is 8.53. The van der Waals surface area contributed by atoms with Crippen molar-refractivity contribution in [3.63, 3.8) is 0 Å². The van der Waals surface area contributed by atoms with Crippen molar-refractivity contribution in [3.05, 3.63) is 46.7 Å². The molecule has 2 amide bonds.